The largest absolute Gasteiger partial charge is 0.497 e. The number of hydrogen-bond donors (Lipinski definition) is 1. The minimum absolute atomic E-state index is 0.183. The first-order chi connectivity index (χ1) is 7.26. The molecule has 2 N–H and O–H groups in total. The average molecular weight is 205 g/mol. The van der Waals surface area contributed by atoms with Gasteiger partial charge in [0.25, 0.3) is 0 Å². The molecule has 15 heavy (non-hydrogen) atoms. The normalized spacial score (nSPS) is 32.0. The summed E-state index contributed by atoms with van der Waals surface area (Å²) in [5, 5.41) is 0. The van der Waals surface area contributed by atoms with Gasteiger partial charge in [-0.15, -0.1) is 0 Å². The van der Waals surface area contributed by atoms with Crippen LogP contribution < -0.4 is 15.2 Å². The number of ether oxygens (including phenoxy) is 2. The molecule has 3 heteroatoms. The predicted octanol–water partition coefficient (Wildman–Crippen LogP) is 1.45. The molecule has 3 rings (SSSR count). The van der Waals surface area contributed by atoms with E-state index in [1.54, 1.807) is 7.11 Å². The quantitative estimate of drug-likeness (QED) is 0.754. The van der Waals surface area contributed by atoms with E-state index in [0.717, 1.165) is 30.9 Å². The van der Waals surface area contributed by atoms with Crippen LogP contribution in [0.3, 0.4) is 0 Å². The van der Waals surface area contributed by atoms with Gasteiger partial charge >= 0.3 is 0 Å². The minimum atomic E-state index is 0.183. The van der Waals surface area contributed by atoms with Gasteiger partial charge in [-0.3, -0.25) is 0 Å². The summed E-state index contributed by atoms with van der Waals surface area (Å²) < 4.78 is 10.9. The lowest BCUT2D eigenvalue weighted by atomic mass is 9.89. The van der Waals surface area contributed by atoms with E-state index in [-0.39, 0.29) is 5.41 Å². The zero-order chi connectivity index (χ0) is 10.5. The maximum atomic E-state index is 6.04. The number of fused-ring (bicyclic) bond motifs is 2. The molecule has 2 unspecified atom stereocenters. The molecule has 1 heterocycles. The number of hydrogen-bond acceptors (Lipinski definition) is 3. The Bertz CT molecular complexity index is 405. The second kappa shape index (κ2) is 2.89. The van der Waals surface area contributed by atoms with E-state index in [0.29, 0.717) is 6.04 Å². The van der Waals surface area contributed by atoms with Crippen molar-refractivity contribution in [3.63, 3.8) is 0 Å². The lowest BCUT2D eigenvalue weighted by molar-refractivity contribution is 0.257. The van der Waals surface area contributed by atoms with Crippen molar-refractivity contribution >= 4 is 0 Å². The Kier molecular flexibility index (Phi) is 1.74. The van der Waals surface area contributed by atoms with Gasteiger partial charge in [-0.2, -0.15) is 0 Å². The van der Waals surface area contributed by atoms with Crippen LogP contribution in [0.4, 0.5) is 0 Å². The van der Waals surface area contributed by atoms with Crippen molar-refractivity contribution in [3.8, 4) is 11.5 Å². The van der Waals surface area contributed by atoms with Crippen molar-refractivity contribution in [2.75, 3.05) is 13.7 Å². The average Bonchev–Trinajstić information content (AvgIpc) is 2.90. The monoisotopic (exact) mass is 205 g/mol. The van der Waals surface area contributed by atoms with E-state index < -0.39 is 0 Å². The summed E-state index contributed by atoms with van der Waals surface area (Å²) in [6, 6.07) is 6.29. The fourth-order valence-corrected chi connectivity index (χ4v) is 2.56. The standard InChI is InChI=1S/C12H15NO2/c1-14-8-2-3-10-9(6-8)12(4-5-15-10)7-11(12)13/h2-3,6,11H,4-5,7,13H2,1H3. The van der Waals surface area contributed by atoms with Crippen LogP contribution in [0.25, 0.3) is 0 Å². The van der Waals surface area contributed by atoms with Crippen LogP contribution in [0.1, 0.15) is 18.4 Å². The first-order valence-corrected chi connectivity index (χ1v) is 5.33. The van der Waals surface area contributed by atoms with Gasteiger partial charge in [0.2, 0.25) is 0 Å². The van der Waals surface area contributed by atoms with Crippen LogP contribution >= 0.6 is 0 Å². The molecule has 2 atom stereocenters. The molecule has 1 spiro atoms. The molecule has 3 nitrogen and oxygen atoms in total. The molecule has 0 saturated heterocycles. The summed E-state index contributed by atoms with van der Waals surface area (Å²) in [4.78, 5) is 0. The third-order valence-electron chi connectivity index (χ3n) is 3.66. The summed E-state index contributed by atoms with van der Waals surface area (Å²) in [5.41, 5.74) is 7.46. The van der Waals surface area contributed by atoms with Gasteiger partial charge in [0.1, 0.15) is 11.5 Å². The molecule has 2 aliphatic rings. The van der Waals surface area contributed by atoms with Gasteiger partial charge in [-0.05, 0) is 31.0 Å². The van der Waals surface area contributed by atoms with Crippen LogP contribution in [0.2, 0.25) is 0 Å². The van der Waals surface area contributed by atoms with Crippen LogP contribution in [-0.2, 0) is 5.41 Å². The molecule has 0 aromatic heterocycles. The second-order valence-electron chi connectivity index (χ2n) is 4.43. The Morgan fingerprint density at radius 3 is 3.00 bits per heavy atom. The molecule has 1 aromatic carbocycles. The Labute approximate surface area is 89.2 Å². The third-order valence-corrected chi connectivity index (χ3v) is 3.66. The van der Waals surface area contributed by atoms with Gasteiger partial charge in [0, 0.05) is 17.0 Å². The zero-order valence-electron chi connectivity index (χ0n) is 8.82. The molecule has 1 fully saturated rings. The van der Waals surface area contributed by atoms with E-state index in [1.165, 1.54) is 5.56 Å². The first kappa shape index (κ1) is 9.04. The van der Waals surface area contributed by atoms with Crippen LogP contribution in [0, 0.1) is 0 Å². The Morgan fingerprint density at radius 2 is 2.33 bits per heavy atom. The van der Waals surface area contributed by atoms with Crippen LogP contribution in [0.5, 0.6) is 11.5 Å². The SMILES string of the molecule is COc1ccc2c(c1)C1(CCO2)CC1N. The molecule has 0 bridgehead atoms. The van der Waals surface area contributed by atoms with Gasteiger partial charge in [0.15, 0.2) is 0 Å². The Hall–Kier alpha value is -1.22. The molecule has 1 aliphatic heterocycles. The Morgan fingerprint density at radius 1 is 1.53 bits per heavy atom. The molecule has 0 radical (unpaired) electrons. The van der Waals surface area contributed by atoms with E-state index in [9.17, 15) is 0 Å². The highest BCUT2D eigenvalue weighted by Gasteiger charge is 2.55. The first-order valence-electron chi connectivity index (χ1n) is 5.33. The van der Waals surface area contributed by atoms with Gasteiger partial charge < -0.3 is 15.2 Å². The van der Waals surface area contributed by atoms with E-state index in [4.69, 9.17) is 15.2 Å². The Balaban J connectivity index is 2.09. The molecule has 0 amide bonds. The molecule has 1 saturated carbocycles. The number of benzene rings is 1. The van der Waals surface area contributed by atoms with Crippen LogP contribution in [0.15, 0.2) is 18.2 Å². The minimum Gasteiger partial charge on any atom is -0.497 e. The molecule has 80 valence electrons. The highest BCUT2D eigenvalue weighted by atomic mass is 16.5. The third kappa shape index (κ3) is 1.16. The van der Waals surface area contributed by atoms with E-state index in [2.05, 4.69) is 6.07 Å². The van der Waals surface area contributed by atoms with Gasteiger partial charge in [-0.25, -0.2) is 0 Å². The summed E-state index contributed by atoms with van der Waals surface area (Å²) in [6.45, 7) is 0.785. The lowest BCUT2D eigenvalue weighted by Crippen LogP contribution is -2.26. The summed E-state index contributed by atoms with van der Waals surface area (Å²) in [6.07, 6.45) is 2.12. The summed E-state index contributed by atoms with van der Waals surface area (Å²) in [5.74, 6) is 1.87. The fourth-order valence-electron chi connectivity index (χ4n) is 2.56. The van der Waals surface area contributed by atoms with Gasteiger partial charge in [0.05, 0.1) is 13.7 Å². The lowest BCUT2D eigenvalue weighted by Gasteiger charge is -2.26. The van der Waals surface area contributed by atoms with Crippen LogP contribution in [-0.4, -0.2) is 19.8 Å². The van der Waals surface area contributed by atoms with E-state index >= 15 is 0 Å². The summed E-state index contributed by atoms with van der Waals surface area (Å²) in [7, 11) is 1.69. The second-order valence-corrected chi connectivity index (χ2v) is 4.43. The maximum Gasteiger partial charge on any atom is 0.123 e. The number of rotatable bonds is 1. The predicted molar refractivity (Wildman–Crippen MR) is 57.4 cm³/mol. The fraction of sp³-hybridized carbons (Fsp3) is 0.500. The smallest absolute Gasteiger partial charge is 0.123 e. The van der Waals surface area contributed by atoms with Crippen molar-refractivity contribution in [2.24, 2.45) is 5.73 Å². The van der Waals surface area contributed by atoms with Gasteiger partial charge in [-0.1, -0.05) is 0 Å². The zero-order valence-corrected chi connectivity index (χ0v) is 8.82. The highest BCUT2D eigenvalue weighted by molar-refractivity contribution is 5.51. The van der Waals surface area contributed by atoms with Crippen molar-refractivity contribution in [3.05, 3.63) is 23.8 Å². The number of methoxy groups -OCH3 is 1. The molecular weight excluding hydrogens is 190 g/mol. The molecule has 1 aromatic rings. The summed E-state index contributed by atoms with van der Waals surface area (Å²) >= 11 is 0. The highest BCUT2D eigenvalue weighted by Crippen LogP contribution is 2.55. The van der Waals surface area contributed by atoms with Crippen molar-refractivity contribution in [1.29, 1.82) is 0 Å². The van der Waals surface area contributed by atoms with Crippen molar-refractivity contribution < 1.29 is 9.47 Å². The topological polar surface area (TPSA) is 44.5 Å². The number of nitrogens with two attached hydrogens (primary N) is 1. The molecular formula is C12H15NO2. The molecule has 1 aliphatic carbocycles. The van der Waals surface area contributed by atoms with Crippen molar-refractivity contribution in [2.45, 2.75) is 24.3 Å². The van der Waals surface area contributed by atoms with E-state index in [1.807, 2.05) is 12.1 Å². The maximum absolute atomic E-state index is 6.04. The van der Waals surface area contributed by atoms with Crippen molar-refractivity contribution in [1.82, 2.24) is 0 Å².